The van der Waals surface area contributed by atoms with Gasteiger partial charge in [0.1, 0.15) is 6.33 Å². The van der Waals surface area contributed by atoms with Gasteiger partial charge in [-0.1, -0.05) is 13.8 Å². The van der Waals surface area contributed by atoms with Gasteiger partial charge < -0.3 is 0 Å². The first-order chi connectivity index (χ1) is 4.72. The minimum Gasteiger partial charge on any atom is -0.245 e. The Morgan fingerprint density at radius 1 is 1.40 bits per heavy atom. The molecule has 0 saturated carbocycles. The molecule has 0 fully saturated rings. The molecule has 0 N–H and O–H groups in total. The van der Waals surface area contributed by atoms with E-state index in [0.29, 0.717) is 5.92 Å². The van der Waals surface area contributed by atoms with Crippen LogP contribution in [0.5, 0.6) is 0 Å². The van der Waals surface area contributed by atoms with Gasteiger partial charge in [-0.05, 0) is 18.4 Å². The highest BCUT2D eigenvalue weighted by Gasteiger charge is 2.02. The second kappa shape index (κ2) is 2.78. The normalized spacial score (nSPS) is 10.4. The van der Waals surface area contributed by atoms with E-state index in [1.807, 2.05) is 13.1 Å². The van der Waals surface area contributed by atoms with Gasteiger partial charge in [-0.25, -0.2) is 9.97 Å². The lowest BCUT2D eigenvalue weighted by molar-refractivity contribution is 0.801. The van der Waals surface area contributed by atoms with Crippen LogP contribution < -0.4 is 0 Å². The first kappa shape index (κ1) is 7.19. The molecule has 0 saturated heterocycles. The lowest BCUT2D eigenvalue weighted by Crippen LogP contribution is -1.96. The lowest BCUT2D eigenvalue weighted by atomic mass is 10.1. The molecule has 1 aromatic rings. The first-order valence-electron chi connectivity index (χ1n) is 3.48. The molecule has 0 aliphatic rings. The van der Waals surface area contributed by atoms with Crippen LogP contribution in [-0.4, -0.2) is 9.97 Å². The van der Waals surface area contributed by atoms with E-state index in [2.05, 4.69) is 23.8 Å². The van der Waals surface area contributed by atoms with Crippen LogP contribution in [-0.2, 0) is 0 Å². The number of aryl methyl sites for hydroxylation is 1. The molecule has 0 spiro atoms. The Labute approximate surface area is 61.3 Å². The molecule has 0 bridgehead atoms. The number of rotatable bonds is 1. The van der Waals surface area contributed by atoms with E-state index in [-0.39, 0.29) is 0 Å². The molecule has 1 rings (SSSR count). The van der Waals surface area contributed by atoms with Gasteiger partial charge in [0.2, 0.25) is 0 Å². The molecule has 0 radical (unpaired) electrons. The second-order valence-corrected chi connectivity index (χ2v) is 2.75. The van der Waals surface area contributed by atoms with Crippen LogP contribution in [0.25, 0.3) is 0 Å². The van der Waals surface area contributed by atoms with E-state index in [1.165, 1.54) is 5.56 Å². The molecule has 1 heterocycles. The van der Waals surface area contributed by atoms with E-state index in [9.17, 15) is 0 Å². The first-order valence-corrected chi connectivity index (χ1v) is 3.48. The lowest BCUT2D eigenvalue weighted by Gasteiger charge is -2.05. The summed E-state index contributed by atoms with van der Waals surface area (Å²) in [6, 6.07) is 0. The van der Waals surface area contributed by atoms with Crippen LogP contribution in [0.4, 0.5) is 0 Å². The highest BCUT2D eigenvalue weighted by Crippen LogP contribution is 2.13. The Morgan fingerprint density at radius 2 is 2.10 bits per heavy atom. The van der Waals surface area contributed by atoms with Gasteiger partial charge >= 0.3 is 0 Å². The molecule has 2 heteroatoms. The van der Waals surface area contributed by atoms with Gasteiger partial charge in [-0.2, -0.15) is 0 Å². The molecule has 0 amide bonds. The Kier molecular flexibility index (Phi) is 2.00. The molecule has 0 aromatic carbocycles. The molecule has 10 heavy (non-hydrogen) atoms. The predicted octanol–water partition coefficient (Wildman–Crippen LogP) is 1.91. The van der Waals surface area contributed by atoms with Crippen LogP contribution in [0.15, 0.2) is 12.5 Å². The largest absolute Gasteiger partial charge is 0.245 e. The summed E-state index contributed by atoms with van der Waals surface area (Å²) in [7, 11) is 0. The Bertz CT molecular complexity index is 218. The number of hydrogen-bond donors (Lipinski definition) is 0. The van der Waals surface area contributed by atoms with Crippen LogP contribution in [0.2, 0.25) is 0 Å². The topological polar surface area (TPSA) is 25.8 Å². The summed E-state index contributed by atoms with van der Waals surface area (Å²) in [5.74, 6) is 0.503. The maximum absolute atomic E-state index is 4.17. The van der Waals surface area contributed by atoms with E-state index in [0.717, 1.165) is 5.69 Å². The standard InChI is InChI=1S/C8H12N2/c1-6(2)8-7(3)4-9-5-10-8/h4-6H,1-3H3. The van der Waals surface area contributed by atoms with Crippen molar-refractivity contribution in [1.29, 1.82) is 0 Å². The van der Waals surface area contributed by atoms with Crippen molar-refractivity contribution < 1.29 is 0 Å². The number of aromatic nitrogens is 2. The van der Waals surface area contributed by atoms with E-state index < -0.39 is 0 Å². The van der Waals surface area contributed by atoms with Crippen molar-refractivity contribution in [3.8, 4) is 0 Å². The average molecular weight is 136 g/mol. The summed E-state index contributed by atoms with van der Waals surface area (Å²) in [5, 5.41) is 0. The summed E-state index contributed by atoms with van der Waals surface area (Å²) >= 11 is 0. The summed E-state index contributed by atoms with van der Waals surface area (Å²) in [5.41, 5.74) is 2.33. The maximum atomic E-state index is 4.17. The van der Waals surface area contributed by atoms with Crippen molar-refractivity contribution in [2.24, 2.45) is 0 Å². The summed E-state index contributed by atoms with van der Waals surface area (Å²) in [6.07, 6.45) is 3.45. The average Bonchev–Trinajstić information content (AvgIpc) is 1.88. The van der Waals surface area contributed by atoms with Gasteiger partial charge in [-0.15, -0.1) is 0 Å². The highest BCUT2D eigenvalue weighted by molar-refractivity contribution is 5.16. The zero-order valence-corrected chi connectivity index (χ0v) is 6.63. The van der Waals surface area contributed by atoms with Crippen molar-refractivity contribution >= 4 is 0 Å². The molecule has 0 aliphatic heterocycles. The molecule has 0 unspecified atom stereocenters. The van der Waals surface area contributed by atoms with Gasteiger partial charge in [0.05, 0.1) is 0 Å². The minimum absolute atomic E-state index is 0.503. The number of nitrogens with zero attached hydrogens (tertiary/aromatic N) is 2. The zero-order chi connectivity index (χ0) is 7.56. The van der Waals surface area contributed by atoms with Gasteiger partial charge in [0.15, 0.2) is 0 Å². The summed E-state index contributed by atoms with van der Waals surface area (Å²) in [6.45, 7) is 6.31. The molecule has 0 atom stereocenters. The minimum atomic E-state index is 0.503. The quantitative estimate of drug-likeness (QED) is 0.589. The predicted molar refractivity (Wildman–Crippen MR) is 40.9 cm³/mol. The monoisotopic (exact) mass is 136 g/mol. The molecule has 2 nitrogen and oxygen atoms in total. The second-order valence-electron chi connectivity index (χ2n) is 2.75. The van der Waals surface area contributed by atoms with Crippen LogP contribution in [0.3, 0.4) is 0 Å². The number of hydrogen-bond acceptors (Lipinski definition) is 2. The van der Waals surface area contributed by atoms with Gasteiger partial charge in [-0.3, -0.25) is 0 Å². The Hall–Kier alpha value is -0.920. The molecular weight excluding hydrogens is 124 g/mol. The fourth-order valence-corrected chi connectivity index (χ4v) is 1.01. The summed E-state index contributed by atoms with van der Waals surface area (Å²) < 4.78 is 0. The third-order valence-corrected chi connectivity index (χ3v) is 1.48. The van der Waals surface area contributed by atoms with Crippen molar-refractivity contribution in [2.45, 2.75) is 26.7 Å². The van der Waals surface area contributed by atoms with Gasteiger partial charge in [0, 0.05) is 11.9 Å². The molecule has 54 valence electrons. The fourth-order valence-electron chi connectivity index (χ4n) is 1.01. The third-order valence-electron chi connectivity index (χ3n) is 1.48. The molecule has 0 aliphatic carbocycles. The smallest absolute Gasteiger partial charge is 0.115 e. The van der Waals surface area contributed by atoms with E-state index in [4.69, 9.17) is 0 Å². The van der Waals surface area contributed by atoms with Gasteiger partial charge in [0.25, 0.3) is 0 Å². The summed E-state index contributed by atoms with van der Waals surface area (Å²) in [4.78, 5) is 8.08. The molecule has 1 aromatic heterocycles. The highest BCUT2D eigenvalue weighted by atomic mass is 14.8. The van der Waals surface area contributed by atoms with Crippen molar-refractivity contribution in [3.63, 3.8) is 0 Å². The van der Waals surface area contributed by atoms with E-state index in [1.54, 1.807) is 6.33 Å². The van der Waals surface area contributed by atoms with Crippen LogP contribution in [0.1, 0.15) is 31.0 Å². The maximum Gasteiger partial charge on any atom is 0.115 e. The van der Waals surface area contributed by atoms with Crippen molar-refractivity contribution in [1.82, 2.24) is 9.97 Å². The van der Waals surface area contributed by atoms with Crippen molar-refractivity contribution in [3.05, 3.63) is 23.8 Å². The van der Waals surface area contributed by atoms with Crippen molar-refractivity contribution in [2.75, 3.05) is 0 Å². The fraction of sp³-hybridized carbons (Fsp3) is 0.500. The Balaban J connectivity index is 3.03. The SMILES string of the molecule is Cc1cncnc1C(C)C. The van der Waals surface area contributed by atoms with E-state index >= 15 is 0 Å². The molecular formula is C8H12N2. The van der Waals surface area contributed by atoms with Crippen LogP contribution >= 0.6 is 0 Å². The van der Waals surface area contributed by atoms with Crippen LogP contribution in [0, 0.1) is 6.92 Å². The zero-order valence-electron chi connectivity index (χ0n) is 6.63. The third kappa shape index (κ3) is 1.32. The Morgan fingerprint density at radius 3 is 2.50 bits per heavy atom.